The molecule has 0 spiro atoms. The molecule has 0 unspecified atom stereocenters. The van der Waals surface area contributed by atoms with Crippen LogP contribution in [-0.2, 0) is 29.9 Å². The van der Waals surface area contributed by atoms with Gasteiger partial charge < -0.3 is 0 Å². The normalized spacial score (nSPS) is 16.4. The fourth-order valence-corrected chi connectivity index (χ4v) is 20.1. The third-order valence-corrected chi connectivity index (χ3v) is 21.9. The van der Waals surface area contributed by atoms with E-state index in [2.05, 4.69) is 0 Å². The predicted octanol–water partition coefficient (Wildman–Crippen LogP) is 3.34. The van der Waals surface area contributed by atoms with E-state index in [1.807, 2.05) is 0 Å². The monoisotopic (exact) mass is 533 g/mol. The third-order valence-electron chi connectivity index (χ3n) is 5.39. The second-order valence-electron chi connectivity index (χ2n) is 6.81. The molecule has 0 saturated carbocycles. The molecule has 0 N–H and O–H groups in total. The van der Waals surface area contributed by atoms with Gasteiger partial charge in [-0.2, -0.15) is 0 Å². The van der Waals surface area contributed by atoms with Crippen LogP contribution in [0.4, 0.5) is 26.3 Å². The Morgan fingerprint density at radius 3 is 1.23 bits per heavy atom. The topological polar surface area (TPSA) is 106 Å². The number of hydrogen-bond donors (Lipinski definition) is 0. The Labute approximate surface area is 173 Å². The quantitative estimate of drug-likeness (QED) is 0.298. The molecule has 0 aromatic heterocycles. The molecule has 0 rings (SSSR count). The Bertz CT molecular complexity index is 868. The second-order valence-corrected chi connectivity index (χ2v) is 20.0. The van der Waals surface area contributed by atoms with Crippen LogP contribution < -0.4 is 0 Å². The van der Waals surface area contributed by atoms with Crippen LogP contribution in [0.15, 0.2) is 0 Å². The first-order chi connectivity index (χ1) is 13.1. The van der Waals surface area contributed by atoms with E-state index in [0.29, 0.717) is 0 Å². The minimum atomic E-state index is -7.02. The molecule has 0 aliphatic carbocycles. The summed E-state index contributed by atoms with van der Waals surface area (Å²) in [6, 6.07) is 0. The summed E-state index contributed by atoms with van der Waals surface area (Å²) < 4.78 is 152. The van der Waals surface area contributed by atoms with Crippen LogP contribution in [0.1, 0.15) is 34.1 Å². The van der Waals surface area contributed by atoms with Crippen molar-refractivity contribution in [3.63, 3.8) is 0 Å². The standard InChI is InChI=1S/C13H26F6NO6PS3/c1-5-10-28(21,22)11-9-27(6-2,7-3,8-4)20(29(23,24)12(14,15)16)30(25,26)13(17,18)19/h5-11H2,1-4H3. The average Bonchev–Trinajstić information content (AvgIpc) is 2.56. The number of sulfone groups is 1. The van der Waals surface area contributed by atoms with Crippen LogP contribution in [0.2, 0.25) is 0 Å². The Balaban J connectivity index is 7.39. The summed E-state index contributed by atoms with van der Waals surface area (Å²) in [7, 11) is -18.0. The maximum atomic E-state index is 13.3. The molecule has 0 radical (unpaired) electrons. The summed E-state index contributed by atoms with van der Waals surface area (Å²) in [5, 5.41) is 0. The Kier molecular flexibility index (Phi) is 8.93. The van der Waals surface area contributed by atoms with Gasteiger partial charge in [0.25, 0.3) is 0 Å². The molecule has 0 atom stereocenters. The van der Waals surface area contributed by atoms with Gasteiger partial charge in [0.2, 0.25) is 0 Å². The van der Waals surface area contributed by atoms with Crippen LogP contribution in [-0.4, -0.2) is 75.9 Å². The molecule has 0 aliphatic heterocycles. The minimum absolute atomic E-state index is 0.105. The zero-order valence-corrected chi connectivity index (χ0v) is 20.1. The van der Waals surface area contributed by atoms with Crippen molar-refractivity contribution in [3.05, 3.63) is 0 Å². The molecule has 0 saturated heterocycles. The molecule has 30 heavy (non-hydrogen) atoms. The number of halogens is 6. The van der Waals surface area contributed by atoms with E-state index in [0.717, 1.165) is 20.8 Å². The van der Waals surface area contributed by atoms with Crippen LogP contribution in [0.3, 0.4) is 0 Å². The average molecular weight is 534 g/mol. The van der Waals surface area contributed by atoms with Gasteiger partial charge in [0.15, 0.2) is 0 Å². The first-order valence-electron chi connectivity index (χ1n) is 8.78. The van der Waals surface area contributed by atoms with Crippen molar-refractivity contribution in [1.29, 1.82) is 0 Å². The van der Waals surface area contributed by atoms with Crippen molar-refractivity contribution < 1.29 is 51.6 Å². The summed E-state index contributed by atoms with van der Waals surface area (Å²) in [5.74, 6) is -1.37. The Morgan fingerprint density at radius 2 is 1.00 bits per heavy atom. The van der Waals surface area contributed by atoms with Gasteiger partial charge in [-0.05, 0) is 0 Å². The summed E-state index contributed by atoms with van der Waals surface area (Å²) >= 11 is 0. The number of alkyl halides is 6. The summed E-state index contributed by atoms with van der Waals surface area (Å²) in [4.78, 5) is 0. The van der Waals surface area contributed by atoms with Gasteiger partial charge in [-0.1, -0.05) is 0 Å². The molecule has 0 fully saturated rings. The van der Waals surface area contributed by atoms with E-state index < -0.39 is 87.3 Å². The van der Waals surface area contributed by atoms with Crippen molar-refractivity contribution >= 4 is 36.6 Å². The van der Waals surface area contributed by atoms with Gasteiger partial charge in [0, 0.05) is 0 Å². The van der Waals surface area contributed by atoms with E-state index in [-0.39, 0.29) is 6.42 Å². The van der Waals surface area contributed by atoms with Crippen LogP contribution in [0.25, 0.3) is 0 Å². The maximum absolute atomic E-state index is 13.3. The van der Waals surface area contributed by atoms with Crippen molar-refractivity contribution in [3.8, 4) is 0 Å². The summed E-state index contributed by atoms with van der Waals surface area (Å²) in [6.07, 6.45) is -2.91. The van der Waals surface area contributed by atoms with Crippen molar-refractivity contribution in [2.45, 2.75) is 45.1 Å². The number of rotatable bonds is 11. The van der Waals surface area contributed by atoms with E-state index in [1.54, 1.807) is 0 Å². The number of nitrogens with zero attached hydrogens (tertiary/aromatic N) is 1. The zero-order valence-electron chi connectivity index (χ0n) is 16.8. The fourth-order valence-electron chi connectivity index (χ4n) is 3.27. The molecule has 7 nitrogen and oxygen atoms in total. The van der Waals surface area contributed by atoms with Crippen molar-refractivity contribution in [2.24, 2.45) is 0 Å². The van der Waals surface area contributed by atoms with Gasteiger partial charge >= 0.3 is 173 Å². The number of sulfonamides is 2. The molecule has 184 valence electrons. The molecule has 0 heterocycles. The Hall–Kier alpha value is -0.180. The molecule has 0 aliphatic rings. The van der Waals surface area contributed by atoms with Gasteiger partial charge in [-0.3, -0.25) is 0 Å². The molecule has 0 bridgehead atoms. The third kappa shape index (κ3) is 5.24. The molecule has 0 aromatic rings. The predicted molar refractivity (Wildman–Crippen MR) is 104 cm³/mol. The zero-order chi connectivity index (χ0) is 24.5. The second kappa shape index (κ2) is 8.99. The van der Waals surface area contributed by atoms with Gasteiger partial charge in [-0.15, -0.1) is 0 Å². The first kappa shape index (κ1) is 29.8. The summed E-state index contributed by atoms with van der Waals surface area (Å²) in [6.45, 7) is -0.507. The van der Waals surface area contributed by atoms with Gasteiger partial charge in [0.05, 0.1) is 0 Å². The fraction of sp³-hybridized carbons (Fsp3) is 1.00. The van der Waals surface area contributed by atoms with Crippen LogP contribution in [0.5, 0.6) is 0 Å². The van der Waals surface area contributed by atoms with E-state index in [1.165, 1.54) is 6.92 Å². The molecule has 17 heteroatoms. The summed E-state index contributed by atoms with van der Waals surface area (Å²) in [5.41, 5.74) is -12.7. The SMILES string of the molecule is CCCS(=O)(=O)CCP(CC)(CC)(CC)N(S(=O)(=O)C(F)(F)F)S(=O)(=O)C(F)(F)F. The van der Waals surface area contributed by atoms with E-state index >= 15 is 0 Å². The van der Waals surface area contributed by atoms with E-state index in [9.17, 15) is 51.6 Å². The molecular weight excluding hydrogens is 507 g/mol. The van der Waals surface area contributed by atoms with Gasteiger partial charge in [0.1, 0.15) is 0 Å². The molecule has 0 amide bonds. The Morgan fingerprint density at radius 1 is 0.667 bits per heavy atom. The molecular formula is C13H26F6NO6PS3. The molecule has 0 aromatic carbocycles. The van der Waals surface area contributed by atoms with Crippen LogP contribution in [0, 0.1) is 0 Å². The van der Waals surface area contributed by atoms with E-state index in [4.69, 9.17) is 0 Å². The number of hydrogen-bond acceptors (Lipinski definition) is 6. The van der Waals surface area contributed by atoms with Gasteiger partial charge in [-0.25, -0.2) is 0 Å². The van der Waals surface area contributed by atoms with Crippen molar-refractivity contribution in [2.75, 3.05) is 36.2 Å². The first-order valence-corrected chi connectivity index (χ1v) is 16.4. The van der Waals surface area contributed by atoms with Crippen molar-refractivity contribution in [1.82, 2.24) is 3.48 Å². The van der Waals surface area contributed by atoms with Crippen LogP contribution >= 0.6 is 6.75 Å².